The summed E-state index contributed by atoms with van der Waals surface area (Å²) in [4.78, 5) is 26.2. The average Bonchev–Trinajstić information content (AvgIpc) is 2.17. The maximum Gasteiger partial charge on any atom is 0.237 e. The number of aldehydes is 1. The molecule has 0 aromatic rings. The zero-order chi connectivity index (χ0) is 11.4. The van der Waals surface area contributed by atoms with Crippen LogP contribution in [0.4, 0.5) is 0 Å². The van der Waals surface area contributed by atoms with E-state index in [9.17, 15) is 9.59 Å². The second-order valence-electron chi connectivity index (χ2n) is 4.34. The molecule has 1 aliphatic heterocycles. The van der Waals surface area contributed by atoms with Gasteiger partial charge in [0.2, 0.25) is 5.91 Å². The summed E-state index contributed by atoms with van der Waals surface area (Å²) in [5.41, 5.74) is 0. The first-order valence-electron chi connectivity index (χ1n) is 5.55. The van der Waals surface area contributed by atoms with Gasteiger partial charge in [0.25, 0.3) is 0 Å². The zero-order valence-electron chi connectivity index (χ0n) is 9.77. The third-order valence-electron chi connectivity index (χ3n) is 2.85. The number of hydrogen-bond acceptors (Lipinski definition) is 3. The van der Waals surface area contributed by atoms with Crippen LogP contribution in [0.5, 0.6) is 0 Å². The Bertz CT molecular complexity index is 243. The molecular weight excluding hydrogens is 192 g/mol. The number of carbonyl (C=O) groups excluding carboxylic acids is 2. The molecule has 86 valence electrons. The molecular formula is C11H20N2O2. The maximum absolute atomic E-state index is 11.7. The first kappa shape index (κ1) is 12.2. The fourth-order valence-corrected chi connectivity index (χ4v) is 2.14. The van der Waals surface area contributed by atoms with Gasteiger partial charge in [0.05, 0.1) is 6.54 Å². The van der Waals surface area contributed by atoms with E-state index in [4.69, 9.17) is 0 Å². The topological polar surface area (TPSA) is 40.6 Å². The van der Waals surface area contributed by atoms with Crippen LogP contribution in [0, 0.1) is 5.92 Å². The Labute approximate surface area is 91.2 Å². The molecule has 1 aliphatic rings. The summed E-state index contributed by atoms with van der Waals surface area (Å²) in [6, 6.07) is 0.259. The molecule has 0 aliphatic carbocycles. The van der Waals surface area contributed by atoms with Crippen molar-refractivity contribution in [3.05, 3.63) is 0 Å². The molecule has 0 saturated carbocycles. The minimum Gasteiger partial charge on any atom is -0.338 e. The Balaban J connectivity index is 2.52. The summed E-state index contributed by atoms with van der Waals surface area (Å²) in [6.07, 6.45) is 0.946. The van der Waals surface area contributed by atoms with Crippen LogP contribution in [0.2, 0.25) is 0 Å². The highest BCUT2D eigenvalue weighted by Crippen LogP contribution is 2.11. The first-order valence-corrected chi connectivity index (χ1v) is 5.55. The highest BCUT2D eigenvalue weighted by molar-refractivity contribution is 5.79. The van der Waals surface area contributed by atoms with E-state index in [2.05, 4.69) is 11.8 Å². The van der Waals surface area contributed by atoms with E-state index >= 15 is 0 Å². The van der Waals surface area contributed by atoms with Crippen LogP contribution in [0.25, 0.3) is 0 Å². The second kappa shape index (κ2) is 5.26. The molecule has 2 atom stereocenters. The zero-order valence-corrected chi connectivity index (χ0v) is 9.77. The SMILES string of the molecule is CCN1C(=O)CN(CC(C)C=O)CC1C. The summed E-state index contributed by atoms with van der Waals surface area (Å²) in [7, 11) is 0. The van der Waals surface area contributed by atoms with Gasteiger partial charge in [-0.25, -0.2) is 0 Å². The van der Waals surface area contributed by atoms with Crippen LogP contribution in [0.15, 0.2) is 0 Å². The lowest BCUT2D eigenvalue weighted by atomic mass is 10.1. The molecule has 1 amide bonds. The van der Waals surface area contributed by atoms with Gasteiger partial charge in [0, 0.05) is 31.6 Å². The molecule has 0 N–H and O–H groups in total. The molecule has 1 fully saturated rings. The third-order valence-corrected chi connectivity index (χ3v) is 2.85. The molecule has 4 nitrogen and oxygen atoms in total. The predicted octanol–water partition coefficient (Wildman–Crippen LogP) is 0.374. The lowest BCUT2D eigenvalue weighted by molar-refractivity contribution is -0.139. The van der Waals surface area contributed by atoms with Crippen molar-refractivity contribution in [1.82, 2.24) is 9.80 Å². The molecule has 1 heterocycles. The fourth-order valence-electron chi connectivity index (χ4n) is 2.14. The van der Waals surface area contributed by atoms with E-state index in [-0.39, 0.29) is 17.9 Å². The van der Waals surface area contributed by atoms with Crippen molar-refractivity contribution in [2.75, 3.05) is 26.2 Å². The van der Waals surface area contributed by atoms with E-state index in [0.717, 1.165) is 19.4 Å². The molecule has 0 radical (unpaired) electrons. The lowest BCUT2D eigenvalue weighted by Crippen LogP contribution is -2.55. The Morgan fingerprint density at radius 1 is 1.60 bits per heavy atom. The smallest absolute Gasteiger partial charge is 0.237 e. The summed E-state index contributed by atoms with van der Waals surface area (Å²) >= 11 is 0. The van der Waals surface area contributed by atoms with Crippen molar-refractivity contribution < 1.29 is 9.59 Å². The van der Waals surface area contributed by atoms with Crippen LogP contribution in [0.1, 0.15) is 20.8 Å². The molecule has 0 aromatic carbocycles. The van der Waals surface area contributed by atoms with Crippen LogP contribution in [-0.4, -0.2) is 54.2 Å². The molecule has 4 heteroatoms. The molecule has 0 aromatic heterocycles. The summed E-state index contributed by atoms with van der Waals surface area (Å²) in [5.74, 6) is 0.188. The molecule has 1 rings (SSSR count). The fraction of sp³-hybridized carbons (Fsp3) is 0.818. The third kappa shape index (κ3) is 3.02. The number of rotatable bonds is 4. The largest absolute Gasteiger partial charge is 0.338 e. The highest BCUT2D eigenvalue weighted by atomic mass is 16.2. The minimum atomic E-state index is 0.0122. The van der Waals surface area contributed by atoms with E-state index in [1.54, 1.807) is 0 Å². The minimum absolute atomic E-state index is 0.0122. The van der Waals surface area contributed by atoms with Crippen LogP contribution < -0.4 is 0 Å². The molecule has 0 bridgehead atoms. The Morgan fingerprint density at radius 2 is 2.27 bits per heavy atom. The van der Waals surface area contributed by atoms with Gasteiger partial charge in [0.15, 0.2) is 0 Å². The number of piperazine rings is 1. The summed E-state index contributed by atoms with van der Waals surface area (Å²) in [5, 5.41) is 0. The Morgan fingerprint density at radius 3 is 2.73 bits per heavy atom. The van der Waals surface area contributed by atoms with E-state index in [0.29, 0.717) is 13.1 Å². The van der Waals surface area contributed by atoms with Gasteiger partial charge in [-0.1, -0.05) is 6.92 Å². The Hall–Kier alpha value is -0.900. The van der Waals surface area contributed by atoms with Crippen molar-refractivity contribution in [1.29, 1.82) is 0 Å². The Kier molecular flexibility index (Phi) is 4.27. The standard InChI is InChI=1S/C11H20N2O2/c1-4-13-10(3)6-12(7-11(13)15)5-9(2)8-14/h8-10H,4-7H2,1-3H3. The van der Waals surface area contributed by atoms with Gasteiger partial charge in [-0.15, -0.1) is 0 Å². The van der Waals surface area contributed by atoms with Gasteiger partial charge in [-0.3, -0.25) is 9.69 Å². The average molecular weight is 212 g/mol. The normalized spacial score (nSPS) is 25.4. The first-order chi connectivity index (χ1) is 7.08. The number of hydrogen-bond donors (Lipinski definition) is 0. The maximum atomic E-state index is 11.7. The molecule has 0 spiro atoms. The second-order valence-corrected chi connectivity index (χ2v) is 4.34. The lowest BCUT2D eigenvalue weighted by Gasteiger charge is -2.39. The highest BCUT2D eigenvalue weighted by Gasteiger charge is 2.28. The van der Waals surface area contributed by atoms with Crippen molar-refractivity contribution in [3.8, 4) is 0 Å². The molecule has 2 unspecified atom stereocenters. The van der Waals surface area contributed by atoms with Crippen LogP contribution >= 0.6 is 0 Å². The number of nitrogens with zero attached hydrogens (tertiary/aromatic N) is 2. The van der Waals surface area contributed by atoms with Crippen molar-refractivity contribution in [2.24, 2.45) is 5.92 Å². The van der Waals surface area contributed by atoms with Gasteiger partial charge in [-0.2, -0.15) is 0 Å². The number of likely N-dealkylation sites (N-methyl/N-ethyl adjacent to an activating group) is 1. The van der Waals surface area contributed by atoms with Gasteiger partial charge in [-0.05, 0) is 13.8 Å². The summed E-state index contributed by atoms with van der Waals surface area (Å²) in [6.45, 7) is 8.73. The molecule has 15 heavy (non-hydrogen) atoms. The molecule has 1 saturated heterocycles. The van der Waals surface area contributed by atoms with Gasteiger partial charge >= 0.3 is 0 Å². The van der Waals surface area contributed by atoms with Crippen LogP contribution in [-0.2, 0) is 9.59 Å². The van der Waals surface area contributed by atoms with E-state index in [1.807, 2.05) is 18.7 Å². The van der Waals surface area contributed by atoms with Crippen molar-refractivity contribution >= 4 is 12.2 Å². The van der Waals surface area contributed by atoms with Crippen LogP contribution in [0.3, 0.4) is 0 Å². The predicted molar refractivity (Wildman–Crippen MR) is 58.5 cm³/mol. The number of amides is 1. The van der Waals surface area contributed by atoms with Gasteiger partial charge < -0.3 is 9.69 Å². The quantitative estimate of drug-likeness (QED) is 0.632. The van der Waals surface area contributed by atoms with E-state index < -0.39 is 0 Å². The van der Waals surface area contributed by atoms with Crippen molar-refractivity contribution in [3.63, 3.8) is 0 Å². The monoisotopic (exact) mass is 212 g/mol. The summed E-state index contributed by atoms with van der Waals surface area (Å²) < 4.78 is 0. The van der Waals surface area contributed by atoms with E-state index in [1.165, 1.54) is 0 Å². The number of carbonyl (C=O) groups is 2. The van der Waals surface area contributed by atoms with Gasteiger partial charge in [0.1, 0.15) is 6.29 Å². The van der Waals surface area contributed by atoms with Crippen molar-refractivity contribution in [2.45, 2.75) is 26.8 Å².